The topological polar surface area (TPSA) is 157 Å². The minimum Gasteiger partial charge on any atom is -0.460 e. The molecule has 0 aliphatic rings. The molecule has 0 fully saturated rings. The van der Waals surface area contributed by atoms with Crippen molar-refractivity contribution in [3.8, 4) is 0 Å². The van der Waals surface area contributed by atoms with E-state index in [1.165, 1.54) is 0 Å². The van der Waals surface area contributed by atoms with Crippen molar-refractivity contribution in [2.45, 2.75) is 136 Å². The molecule has 0 saturated heterocycles. The first kappa shape index (κ1) is 34.2. The average Bonchev–Trinajstić information content (AvgIpc) is 2.68. The summed E-state index contributed by atoms with van der Waals surface area (Å²) in [5.74, 6) is -1.71. The van der Waals surface area contributed by atoms with Crippen molar-refractivity contribution in [3.05, 3.63) is 10.4 Å². The van der Waals surface area contributed by atoms with E-state index < -0.39 is 40.2 Å². The third-order valence-electron chi connectivity index (χ3n) is 4.81. The molecule has 11 heteroatoms. The lowest BCUT2D eigenvalue weighted by atomic mass is 9.83. The quantitative estimate of drug-likeness (QED) is 0.0803. The van der Waals surface area contributed by atoms with Crippen LogP contribution in [-0.4, -0.2) is 52.7 Å². The largest absolute Gasteiger partial charge is 0.460 e. The first-order valence-corrected chi connectivity index (χ1v) is 12.7. The Hall–Kier alpha value is -2.81. The monoisotopic (exact) mass is 526 g/mol. The van der Waals surface area contributed by atoms with E-state index in [9.17, 15) is 19.2 Å². The molecule has 0 aliphatic heterocycles. The molecule has 0 aromatic rings. The van der Waals surface area contributed by atoms with Gasteiger partial charge in [0.1, 0.15) is 16.8 Å². The molecule has 0 atom stereocenters. The second-order valence-electron chi connectivity index (χ2n) is 12.1. The van der Waals surface area contributed by atoms with Crippen LogP contribution >= 0.6 is 0 Å². The van der Waals surface area contributed by atoms with E-state index in [0.717, 1.165) is 0 Å². The van der Waals surface area contributed by atoms with Crippen molar-refractivity contribution < 1.29 is 33.4 Å². The number of carbonyl (C=O) groups excluding carboxylic acids is 4. The Bertz CT molecular complexity index is 751. The van der Waals surface area contributed by atoms with E-state index in [4.69, 9.17) is 19.7 Å². The zero-order chi connectivity index (χ0) is 28.9. The van der Waals surface area contributed by atoms with Crippen molar-refractivity contribution in [1.29, 1.82) is 0 Å². The Morgan fingerprint density at radius 3 is 1.32 bits per heavy atom. The predicted molar refractivity (Wildman–Crippen MR) is 139 cm³/mol. The van der Waals surface area contributed by atoms with Gasteiger partial charge in [-0.2, -0.15) is 0 Å². The molecular formula is C26H46N4O7. The Kier molecular flexibility index (Phi) is 13.7. The average molecular weight is 527 g/mol. The van der Waals surface area contributed by atoms with Gasteiger partial charge in [0.2, 0.25) is 5.91 Å². The highest BCUT2D eigenvalue weighted by Crippen LogP contribution is 2.28. The van der Waals surface area contributed by atoms with Crippen LogP contribution in [0.2, 0.25) is 0 Å². The minimum atomic E-state index is -1.07. The number of hydrogen-bond donors (Lipinski definition) is 1. The maximum Gasteiger partial charge on any atom is 0.306 e. The molecule has 0 unspecified atom stereocenters. The van der Waals surface area contributed by atoms with Crippen LogP contribution in [0.1, 0.15) is 114 Å². The van der Waals surface area contributed by atoms with Crippen molar-refractivity contribution >= 4 is 23.8 Å². The Morgan fingerprint density at radius 2 is 1.03 bits per heavy atom. The van der Waals surface area contributed by atoms with Gasteiger partial charge in [-0.05, 0) is 93.5 Å². The van der Waals surface area contributed by atoms with E-state index in [2.05, 4.69) is 15.3 Å². The number of carbonyl (C=O) groups is 4. The molecule has 0 aliphatic carbocycles. The summed E-state index contributed by atoms with van der Waals surface area (Å²) in [7, 11) is 0. The van der Waals surface area contributed by atoms with E-state index in [1.54, 1.807) is 62.3 Å². The molecule has 0 heterocycles. The predicted octanol–water partition coefficient (Wildman–Crippen LogP) is 5.30. The highest BCUT2D eigenvalue weighted by Gasteiger charge is 2.35. The van der Waals surface area contributed by atoms with Gasteiger partial charge in [0.15, 0.2) is 0 Å². The second kappa shape index (κ2) is 14.8. The Morgan fingerprint density at radius 1 is 0.676 bits per heavy atom. The second-order valence-corrected chi connectivity index (χ2v) is 12.1. The van der Waals surface area contributed by atoms with Crippen LogP contribution in [-0.2, 0) is 33.4 Å². The first-order valence-electron chi connectivity index (χ1n) is 12.7. The Labute approximate surface area is 221 Å². The summed E-state index contributed by atoms with van der Waals surface area (Å²) < 4.78 is 16.3. The normalized spacial score (nSPS) is 12.2. The van der Waals surface area contributed by atoms with Crippen molar-refractivity contribution in [2.75, 3.05) is 6.54 Å². The number of azide groups is 1. The summed E-state index contributed by atoms with van der Waals surface area (Å²) in [6.45, 7) is 16.0. The van der Waals surface area contributed by atoms with Crippen LogP contribution in [0, 0.1) is 0 Å². The fourth-order valence-corrected chi connectivity index (χ4v) is 3.48. The standard InChI is InChI=1S/C26H46N4O7/c1-23(2,3)35-20(32)12-15-26(16-13-21(33)36-24(4,5)6,17-14-22(34)37-25(7,8)9)29-19(31)11-10-18-28-30-27/h10-18H2,1-9H3,(H,29,31). The molecule has 37 heavy (non-hydrogen) atoms. The molecule has 0 rings (SSSR count). The molecule has 0 aromatic heterocycles. The summed E-state index contributed by atoms with van der Waals surface area (Å²) in [6.07, 6.45) is 0.764. The van der Waals surface area contributed by atoms with Crippen LogP contribution < -0.4 is 5.32 Å². The van der Waals surface area contributed by atoms with Gasteiger partial charge in [-0.15, -0.1) is 0 Å². The van der Waals surface area contributed by atoms with Crippen LogP contribution in [0.4, 0.5) is 0 Å². The minimum absolute atomic E-state index is 0.0289. The van der Waals surface area contributed by atoms with Crippen LogP contribution in [0.3, 0.4) is 0 Å². The molecule has 0 bridgehead atoms. The highest BCUT2D eigenvalue weighted by molar-refractivity contribution is 5.78. The highest BCUT2D eigenvalue weighted by atomic mass is 16.6. The van der Waals surface area contributed by atoms with Gasteiger partial charge in [-0.3, -0.25) is 19.2 Å². The van der Waals surface area contributed by atoms with Crippen LogP contribution in [0.25, 0.3) is 10.4 Å². The van der Waals surface area contributed by atoms with Gasteiger partial charge in [0, 0.05) is 42.7 Å². The first-order chi connectivity index (χ1) is 16.8. The van der Waals surface area contributed by atoms with E-state index in [0.29, 0.717) is 6.42 Å². The number of ether oxygens (including phenoxy) is 3. The summed E-state index contributed by atoms with van der Waals surface area (Å²) in [5.41, 5.74) is 5.33. The lowest BCUT2D eigenvalue weighted by Gasteiger charge is -2.36. The van der Waals surface area contributed by atoms with Gasteiger partial charge in [0.05, 0.1) is 0 Å². The fraction of sp³-hybridized carbons (Fsp3) is 0.846. The summed E-state index contributed by atoms with van der Waals surface area (Å²) in [5, 5.41) is 6.40. The SMILES string of the molecule is CC(C)(C)OC(=O)CCC(CCC(=O)OC(C)(C)C)(CCC(=O)OC(C)(C)C)NC(=O)CCCN=[N+]=[N-]. The molecule has 1 N–H and O–H groups in total. The van der Waals surface area contributed by atoms with Crippen LogP contribution in [0.5, 0.6) is 0 Å². The molecule has 11 nitrogen and oxygen atoms in total. The third kappa shape index (κ3) is 19.0. The molecule has 1 amide bonds. The van der Waals surface area contributed by atoms with Gasteiger partial charge >= 0.3 is 17.9 Å². The fourth-order valence-electron chi connectivity index (χ4n) is 3.48. The number of nitrogens with zero attached hydrogens (tertiary/aromatic N) is 3. The zero-order valence-corrected chi connectivity index (χ0v) is 24.1. The molecule has 0 spiro atoms. The smallest absolute Gasteiger partial charge is 0.306 e. The summed E-state index contributed by atoms with van der Waals surface area (Å²) in [4.78, 5) is 53.1. The zero-order valence-electron chi connectivity index (χ0n) is 24.1. The van der Waals surface area contributed by atoms with Gasteiger partial charge in [-0.1, -0.05) is 5.11 Å². The molecule has 212 valence electrons. The number of nitrogens with one attached hydrogen (secondary N) is 1. The Balaban J connectivity index is 5.87. The molecule has 0 radical (unpaired) electrons. The van der Waals surface area contributed by atoms with Crippen molar-refractivity contribution in [1.82, 2.24) is 5.32 Å². The number of esters is 3. The molecule has 0 aromatic carbocycles. The van der Waals surface area contributed by atoms with Gasteiger partial charge < -0.3 is 19.5 Å². The van der Waals surface area contributed by atoms with Crippen LogP contribution in [0.15, 0.2) is 5.11 Å². The lowest BCUT2D eigenvalue weighted by Crippen LogP contribution is -2.50. The van der Waals surface area contributed by atoms with Crippen molar-refractivity contribution in [3.63, 3.8) is 0 Å². The van der Waals surface area contributed by atoms with Crippen molar-refractivity contribution in [2.24, 2.45) is 5.11 Å². The third-order valence-corrected chi connectivity index (χ3v) is 4.81. The maximum absolute atomic E-state index is 12.8. The van der Waals surface area contributed by atoms with Gasteiger partial charge in [0.25, 0.3) is 0 Å². The summed E-state index contributed by atoms with van der Waals surface area (Å²) >= 11 is 0. The van der Waals surface area contributed by atoms with Gasteiger partial charge in [-0.25, -0.2) is 0 Å². The lowest BCUT2D eigenvalue weighted by molar-refractivity contribution is -0.155. The number of hydrogen-bond acceptors (Lipinski definition) is 8. The maximum atomic E-state index is 12.8. The molecular weight excluding hydrogens is 480 g/mol. The number of rotatable bonds is 14. The molecule has 0 saturated carbocycles. The van der Waals surface area contributed by atoms with E-state index in [-0.39, 0.29) is 57.4 Å². The number of amides is 1. The van der Waals surface area contributed by atoms with E-state index >= 15 is 0 Å². The van der Waals surface area contributed by atoms with E-state index in [1.807, 2.05) is 0 Å². The summed E-state index contributed by atoms with van der Waals surface area (Å²) in [6, 6.07) is 0.